The Labute approximate surface area is 405 Å². The molecule has 6 heteroatoms. The van der Waals surface area contributed by atoms with Crippen LogP contribution in [0.4, 0.5) is 0 Å². The lowest BCUT2D eigenvalue weighted by Gasteiger charge is -2.18. The van der Waals surface area contributed by atoms with E-state index in [1.165, 1.54) is 96.3 Å². The first-order chi connectivity index (χ1) is 32.5. The molecule has 6 nitrogen and oxygen atoms in total. The highest BCUT2D eigenvalue weighted by molar-refractivity contribution is 5.71. The van der Waals surface area contributed by atoms with E-state index in [9.17, 15) is 14.4 Å². The number of hydrogen-bond acceptors (Lipinski definition) is 6. The second-order valence-corrected chi connectivity index (χ2v) is 17.2. The van der Waals surface area contributed by atoms with Crippen LogP contribution in [-0.4, -0.2) is 37.2 Å². The predicted molar refractivity (Wildman–Crippen MR) is 283 cm³/mol. The molecular formula is C60H96O6. The highest BCUT2D eigenvalue weighted by atomic mass is 16.6. The van der Waals surface area contributed by atoms with Crippen LogP contribution in [0.2, 0.25) is 0 Å². The van der Waals surface area contributed by atoms with E-state index in [4.69, 9.17) is 14.2 Å². The number of ether oxygens (including phenoxy) is 3. The molecule has 0 N–H and O–H groups in total. The van der Waals surface area contributed by atoms with Crippen molar-refractivity contribution < 1.29 is 28.6 Å². The molecule has 0 spiro atoms. The Morgan fingerprint density at radius 1 is 0.333 bits per heavy atom. The van der Waals surface area contributed by atoms with Crippen molar-refractivity contribution in [2.24, 2.45) is 0 Å². The Morgan fingerprint density at radius 3 is 1.15 bits per heavy atom. The van der Waals surface area contributed by atoms with Gasteiger partial charge in [0, 0.05) is 19.3 Å². The van der Waals surface area contributed by atoms with E-state index in [0.29, 0.717) is 19.3 Å². The van der Waals surface area contributed by atoms with E-state index in [0.717, 1.165) is 70.6 Å². The van der Waals surface area contributed by atoms with Crippen LogP contribution in [0.1, 0.15) is 220 Å². The van der Waals surface area contributed by atoms with Gasteiger partial charge in [0.25, 0.3) is 0 Å². The first-order valence-electron chi connectivity index (χ1n) is 26.6. The fourth-order valence-electron chi connectivity index (χ4n) is 6.83. The van der Waals surface area contributed by atoms with Crippen LogP contribution in [0.5, 0.6) is 0 Å². The van der Waals surface area contributed by atoms with Gasteiger partial charge < -0.3 is 14.2 Å². The molecule has 66 heavy (non-hydrogen) atoms. The number of esters is 3. The summed E-state index contributed by atoms with van der Waals surface area (Å²) >= 11 is 0. The molecule has 0 heterocycles. The predicted octanol–water partition coefficient (Wildman–Crippen LogP) is 17.7. The second-order valence-electron chi connectivity index (χ2n) is 17.2. The largest absolute Gasteiger partial charge is 0.462 e. The van der Waals surface area contributed by atoms with Crippen LogP contribution >= 0.6 is 0 Å². The van der Waals surface area contributed by atoms with Gasteiger partial charge in [0.1, 0.15) is 13.2 Å². The van der Waals surface area contributed by atoms with Gasteiger partial charge in [-0.15, -0.1) is 0 Å². The molecule has 0 aliphatic heterocycles. The zero-order valence-electron chi connectivity index (χ0n) is 42.4. The van der Waals surface area contributed by atoms with E-state index >= 15 is 0 Å². The first kappa shape index (κ1) is 61.8. The van der Waals surface area contributed by atoms with Crippen molar-refractivity contribution >= 4 is 17.9 Å². The van der Waals surface area contributed by atoms with Gasteiger partial charge in [-0.2, -0.15) is 0 Å². The van der Waals surface area contributed by atoms with Crippen molar-refractivity contribution in [1.82, 2.24) is 0 Å². The molecule has 1 atom stereocenters. The molecule has 0 radical (unpaired) electrons. The van der Waals surface area contributed by atoms with Gasteiger partial charge in [-0.1, -0.05) is 232 Å². The van der Waals surface area contributed by atoms with Crippen LogP contribution < -0.4 is 0 Å². The quantitative estimate of drug-likeness (QED) is 0.0199. The molecule has 0 aliphatic rings. The Balaban J connectivity index is 4.58. The summed E-state index contributed by atoms with van der Waals surface area (Å²) in [6.45, 7) is 6.35. The van der Waals surface area contributed by atoms with E-state index < -0.39 is 6.10 Å². The normalized spacial score (nSPS) is 13.1. The lowest BCUT2D eigenvalue weighted by atomic mass is 10.1. The van der Waals surface area contributed by atoms with Gasteiger partial charge in [-0.05, 0) is 89.9 Å². The summed E-state index contributed by atoms with van der Waals surface area (Å²) in [5, 5.41) is 0. The molecule has 0 fully saturated rings. The maximum absolute atomic E-state index is 12.8. The van der Waals surface area contributed by atoms with Crippen LogP contribution in [0.3, 0.4) is 0 Å². The van der Waals surface area contributed by atoms with Crippen molar-refractivity contribution in [3.8, 4) is 0 Å². The average molecular weight is 913 g/mol. The van der Waals surface area contributed by atoms with Crippen LogP contribution in [0.25, 0.3) is 0 Å². The van der Waals surface area contributed by atoms with Crippen molar-refractivity contribution in [2.45, 2.75) is 226 Å². The van der Waals surface area contributed by atoms with Gasteiger partial charge in [0.15, 0.2) is 6.10 Å². The molecule has 0 amide bonds. The van der Waals surface area contributed by atoms with Gasteiger partial charge in [-0.25, -0.2) is 0 Å². The van der Waals surface area contributed by atoms with E-state index in [1.54, 1.807) is 0 Å². The van der Waals surface area contributed by atoms with Crippen molar-refractivity contribution in [3.63, 3.8) is 0 Å². The average Bonchev–Trinajstić information content (AvgIpc) is 3.31. The van der Waals surface area contributed by atoms with Crippen molar-refractivity contribution in [3.05, 3.63) is 122 Å². The summed E-state index contributed by atoms with van der Waals surface area (Å²) in [4.78, 5) is 38.0. The number of hydrogen-bond donors (Lipinski definition) is 0. The summed E-state index contributed by atoms with van der Waals surface area (Å²) in [6, 6.07) is 0. The SMILES string of the molecule is CC\C=C/C=C\C=C/C=C\C=C/CCCC(=O)OCC(COC(=O)CCCCCCC/C=C\C=C/CCCCCCCCC)OC(=O)CCC/C=C\C/C=C\C/C=C\CCCCCCCC. The summed E-state index contributed by atoms with van der Waals surface area (Å²) in [6.07, 6.45) is 73.4. The Kier molecular flexibility index (Phi) is 50.0. The van der Waals surface area contributed by atoms with Gasteiger partial charge in [0.2, 0.25) is 0 Å². The molecule has 0 bridgehead atoms. The first-order valence-corrected chi connectivity index (χ1v) is 26.6. The fraction of sp³-hybridized carbons (Fsp3) is 0.617. The third kappa shape index (κ3) is 50.8. The highest BCUT2D eigenvalue weighted by Crippen LogP contribution is 2.12. The zero-order chi connectivity index (χ0) is 47.9. The smallest absolute Gasteiger partial charge is 0.306 e. The Hall–Kier alpha value is -4.19. The Bertz CT molecular complexity index is 1420. The van der Waals surface area contributed by atoms with Gasteiger partial charge in [0.05, 0.1) is 0 Å². The summed E-state index contributed by atoms with van der Waals surface area (Å²) in [7, 11) is 0. The summed E-state index contributed by atoms with van der Waals surface area (Å²) in [5.74, 6) is -1.08. The standard InChI is InChI=1S/C60H96O6/c1-4-7-10-13-16-19-22-25-27-29-31-32-35-38-41-44-47-50-53-59(62)65-56-57(55-64-58(61)52-49-46-43-40-37-34-24-21-18-15-12-9-6-3)66-60(63)54-51-48-45-42-39-36-33-30-28-26-23-20-17-14-11-8-5-2/h9,12,15,18,21,24,26-29,31-34,36-37,40,42-43,45,57H,4-8,10-11,13-14,16-17,19-20,22-23,25,30,35,38-39,41,44,46-56H2,1-3H3/b12-9-,18-15-,24-21-,28-26-,29-27-,32-31-,36-33-,37-34-,43-40-,45-42-. The molecule has 0 aromatic rings. The third-order valence-electron chi connectivity index (χ3n) is 10.8. The van der Waals surface area contributed by atoms with Crippen molar-refractivity contribution in [1.29, 1.82) is 0 Å². The summed E-state index contributed by atoms with van der Waals surface area (Å²) in [5.41, 5.74) is 0. The minimum atomic E-state index is -0.843. The van der Waals surface area contributed by atoms with E-state index in [2.05, 4.69) is 87.6 Å². The zero-order valence-corrected chi connectivity index (χ0v) is 42.4. The minimum absolute atomic E-state index is 0.132. The molecule has 0 aromatic carbocycles. The molecule has 0 aromatic heterocycles. The van der Waals surface area contributed by atoms with E-state index in [1.807, 2.05) is 54.7 Å². The lowest BCUT2D eigenvalue weighted by molar-refractivity contribution is -0.167. The number of unbranched alkanes of at least 4 members (excludes halogenated alkanes) is 20. The molecule has 0 saturated heterocycles. The monoisotopic (exact) mass is 913 g/mol. The second kappa shape index (κ2) is 53.4. The number of rotatable bonds is 46. The van der Waals surface area contributed by atoms with Crippen LogP contribution in [0, 0.1) is 0 Å². The molecule has 1 unspecified atom stereocenters. The van der Waals surface area contributed by atoms with Gasteiger partial charge in [-0.3, -0.25) is 14.4 Å². The molecule has 372 valence electrons. The minimum Gasteiger partial charge on any atom is -0.462 e. The third-order valence-corrected chi connectivity index (χ3v) is 10.8. The highest BCUT2D eigenvalue weighted by Gasteiger charge is 2.19. The van der Waals surface area contributed by atoms with Crippen LogP contribution in [-0.2, 0) is 28.6 Å². The van der Waals surface area contributed by atoms with E-state index in [-0.39, 0.29) is 44.0 Å². The van der Waals surface area contributed by atoms with Crippen molar-refractivity contribution in [2.75, 3.05) is 13.2 Å². The molecule has 0 aliphatic carbocycles. The lowest BCUT2D eigenvalue weighted by Crippen LogP contribution is -2.30. The Morgan fingerprint density at radius 2 is 0.667 bits per heavy atom. The summed E-state index contributed by atoms with van der Waals surface area (Å²) < 4.78 is 16.7. The molecule has 0 rings (SSSR count). The molecular weight excluding hydrogens is 817 g/mol. The molecule has 0 saturated carbocycles. The maximum Gasteiger partial charge on any atom is 0.306 e. The fourth-order valence-corrected chi connectivity index (χ4v) is 6.83. The number of carbonyl (C=O) groups is 3. The van der Waals surface area contributed by atoms with Gasteiger partial charge >= 0.3 is 17.9 Å². The van der Waals surface area contributed by atoms with Crippen LogP contribution in [0.15, 0.2) is 122 Å². The maximum atomic E-state index is 12.8. The number of carbonyl (C=O) groups excluding carboxylic acids is 3. The number of allylic oxidation sites excluding steroid dienone is 20. The topological polar surface area (TPSA) is 78.9 Å².